The number of amides is 4. The molecule has 0 rings (SSSR count). The van der Waals surface area contributed by atoms with Crippen LogP contribution in [0.15, 0.2) is 0 Å². The first-order chi connectivity index (χ1) is 14.9. The fourth-order valence-corrected chi connectivity index (χ4v) is 2.51. The molecule has 0 aliphatic heterocycles. The Hall–Kier alpha value is -3.26. The number of carboxylic acids is 2. The summed E-state index contributed by atoms with van der Waals surface area (Å²) in [6.45, 7) is 1.60. The van der Waals surface area contributed by atoms with E-state index in [1.165, 1.54) is 6.92 Å². The summed E-state index contributed by atoms with van der Waals surface area (Å²) < 4.78 is 0. The lowest BCUT2D eigenvalue weighted by molar-refractivity contribution is -0.143. The maximum Gasteiger partial charge on any atom is 0.325 e. The van der Waals surface area contributed by atoms with Crippen molar-refractivity contribution in [2.24, 2.45) is 17.2 Å². The first-order valence-electron chi connectivity index (χ1n) is 9.98. The molecule has 11 N–H and O–H groups in total. The molecule has 0 spiro atoms. The topological polar surface area (TPSA) is 257 Å². The van der Waals surface area contributed by atoms with Gasteiger partial charge in [0, 0.05) is 6.42 Å². The Bertz CT molecular complexity index is 701. The molecule has 0 heterocycles. The van der Waals surface area contributed by atoms with Crippen LogP contribution in [0.2, 0.25) is 0 Å². The highest BCUT2D eigenvalue weighted by molar-refractivity contribution is 5.95. The molecule has 14 heteroatoms. The number of nitrogens with one attached hydrogen (secondary N) is 3. The zero-order valence-corrected chi connectivity index (χ0v) is 17.8. The van der Waals surface area contributed by atoms with E-state index >= 15 is 0 Å². The summed E-state index contributed by atoms with van der Waals surface area (Å²) >= 11 is 0. The molecule has 0 aliphatic rings. The predicted molar refractivity (Wildman–Crippen MR) is 111 cm³/mol. The lowest BCUT2D eigenvalue weighted by atomic mass is 10.1. The van der Waals surface area contributed by atoms with E-state index in [0.29, 0.717) is 19.4 Å². The fourth-order valence-electron chi connectivity index (χ4n) is 2.51. The molecule has 182 valence electrons. The maximum atomic E-state index is 12.6. The molecule has 0 fully saturated rings. The van der Waals surface area contributed by atoms with E-state index in [4.69, 9.17) is 27.4 Å². The summed E-state index contributed by atoms with van der Waals surface area (Å²) in [5, 5.41) is 24.6. The molecule has 4 amide bonds. The molecule has 0 aromatic rings. The van der Waals surface area contributed by atoms with E-state index in [0.717, 1.165) is 0 Å². The van der Waals surface area contributed by atoms with Crippen molar-refractivity contribution in [3.63, 3.8) is 0 Å². The average molecular weight is 460 g/mol. The number of carbonyl (C=O) groups excluding carboxylic acids is 4. The van der Waals surface area contributed by atoms with Crippen LogP contribution in [-0.2, 0) is 28.8 Å². The van der Waals surface area contributed by atoms with Gasteiger partial charge in [-0.15, -0.1) is 0 Å². The smallest absolute Gasteiger partial charge is 0.325 e. The number of carbonyl (C=O) groups is 6. The minimum absolute atomic E-state index is 0.265. The van der Waals surface area contributed by atoms with E-state index in [1.807, 2.05) is 0 Å². The highest BCUT2D eigenvalue weighted by Gasteiger charge is 2.30. The van der Waals surface area contributed by atoms with Crippen LogP contribution in [0.1, 0.15) is 45.4 Å². The molecule has 32 heavy (non-hydrogen) atoms. The summed E-state index contributed by atoms with van der Waals surface area (Å²) in [5.41, 5.74) is 16.2. The number of primary amides is 1. The predicted octanol–water partition coefficient (Wildman–Crippen LogP) is -3.26. The van der Waals surface area contributed by atoms with Gasteiger partial charge in [-0.05, 0) is 32.7 Å². The molecule has 0 saturated carbocycles. The second kappa shape index (κ2) is 14.7. The summed E-state index contributed by atoms with van der Waals surface area (Å²) in [4.78, 5) is 70.4. The van der Waals surface area contributed by atoms with Crippen LogP contribution in [0.5, 0.6) is 0 Å². The Morgan fingerprint density at radius 2 is 1.41 bits per heavy atom. The lowest BCUT2D eigenvalue weighted by Gasteiger charge is -2.24. The van der Waals surface area contributed by atoms with Gasteiger partial charge in [0.1, 0.15) is 18.1 Å². The highest BCUT2D eigenvalue weighted by Crippen LogP contribution is 2.04. The Morgan fingerprint density at radius 3 is 1.91 bits per heavy atom. The SMILES string of the molecule is CC(NC(=O)C(CCC(N)=O)NC(=O)C(CC(=O)O)NC(=O)C(N)CCCCN)C(=O)O. The van der Waals surface area contributed by atoms with Crippen LogP contribution in [-0.4, -0.2) is 76.5 Å². The van der Waals surface area contributed by atoms with Gasteiger partial charge in [-0.3, -0.25) is 28.8 Å². The molecule has 0 aromatic carbocycles. The maximum absolute atomic E-state index is 12.6. The molecule has 0 radical (unpaired) electrons. The van der Waals surface area contributed by atoms with Crippen molar-refractivity contribution < 1.29 is 39.0 Å². The normalized spacial score (nSPS) is 14.3. The summed E-state index contributed by atoms with van der Waals surface area (Å²) in [7, 11) is 0. The van der Waals surface area contributed by atoms with Crippen molar-refractivity contribution in [1.82, 2.24) is 16.0 Å². The molecule has 0 bridgehead atoms. The molecule has 0 saturated heterocycles. The van der Waals surface area contributed by atoms with Gasteiger partial charge in [0.2, 0.25) is 23.6 Å². The molecule has 0 aliphatic carbocycles. The van der Waals surface area contributed by atoms with Crippen molar-refractivity contribution in [1.29, 1.82) is 0 Å². The van der Waals surface area contributed by atoms with E-state index in [2.05, 4.69) is 16.0 Å². The number of unbranched alkanes of at least 4 members (excludes halogenated alkanes) is 1. The Kier molecular flexibility index (Phi) is 13.2. The highest BCUT2D eigenvalue weighted by atomic mass is 16.4. The zero-order valence-electron chi connectivity index (χ0n) is 17.8. The van der Waals surface area contributed by atoms with Gasteiger partial charge >= 0.3 is 11.9 Å². The van der Waals surface area contributed by atoms with Crippen molar-refractivity contribution in [2.45, 2.75) is 69.6 Å². The second-order valence-electron chi connectivity index (χ2n) is 7.18. The first-order valence-corrected chi connectivity index (χ1v) is 9.98. The van der Waals surface area contributed by atoms with Gasteiger partial charge < -0.3 is 43.4 Å². The van der Waals surface area contributed by atoms with Crippen LogP contribution < -0.4 is 33.2 Å². The standard InChI is InChI=1S/C18H32N6O8/c1-9(18(31)32)22-16(29)11(5-6-13(21)25)23-17(30)12(8-14(26)27)24-15(28)10(20)4-2-3-7-19/h9-12H,2-8,19-20H2,1H3,(H2,21,25)(H,22,29)(H,23,30)(H,24,28)(H,26,27)(H,31,32). The number of hydrogen-bond donors (Lipinski definition) is 8. The lowest BCUT2D eigenvalue weighted by Crippen LogP contribution is -2.57. The van der Waals surface area contributed by atoms with Crippen LogP contribution in [0.25, 0.3) is 0 Å². The second-order valence-corrected chi connectivity index (χ2v) is 7.18. The van der Waals surface area contributed by atoms with Crippen molar-refractivity contribution in [2.75, 3.05) is 6.54 Å². The Labute approximate surface area is 184 Å². The van der Waals surface area contributed by atoms with Gasteiger partial charge in [0.05, 0.1) is 12.5 Å². The van der Waals surface area contributed by atoms with E-state index in [9.17, 15) is 28.8 Å². The van der Waals surface area contributed by atoms with Crippen molar-refractivity contribution >= 4 is 35.6 Å². The monoisotopic (exact) mass is 460 g/mol. The fraction of sp³-hybridized carbons (Fsp3) is 0.667. The third-order valence-corrected chi connectivity index (χ3v) is 4.36. The third kappa shape index (κ3) is 11.8. The van der Waals surface area contributed by atoms with Gasteiger partial charge in [0.25, 0.3) is 0 Å². The molecular weight excluding hydrogens is 428 g/mol. The quantitative estimate of drug-likeness (QED) is 0.107. The summed E-state index contributed by atoms with van der Waals surface area (Å²) in [6, 6.07) is -5.27. The minimum atomic E-state index is -1.57. The number of carboxylic acid groups (broad SMARTS) is 2. The zero-order chi connectivity index (χ0) is 24.8. The van der Waals surface area contributed by atoms with Crippen molar-refractivity contribution in [3.8, 4) is 0 Å². The molecule has 4 atom stereocenters. The van der Waals surface area contributed by atoms with E-state index in [-0.39, 0.29) is 19.3 Å². The average Bonchev–Trinajstić information content (AvgIpc) is 2.69. The van der Waals surface area contributed by atoms with Gasteiger partial charge in [0.15, 0.2) is 0 Å². The van der Waals surface area contributed by atoms with Crippen LogP contribution in [0.4, 0.5) is 0 Å². The van der Waals surface area contributed by atoms with Gasteiger partial charge in [-0.25, -0.2) is 0 Å². The summed E-state index contributed by atoms with van der Waals surface area (Å²) in [6.07, 6.45) is 0.0563. The number of aliphatic carboxylic acids is 2. The van der Waals surface area contributed by atoms with Gasteiger partial charge in [-0.2, -0.15) is 0 Å². The van der Waals surface area contributed by atoms with E-state index < -0.39 is 66.2 Å². The number of nitrogens with two attached hydrogens (primary N) is 3. The van der Waals surface area contributed by atoms with Gasteiger partial charge in [-0.1, -0.05) is 6.42 Å². The minimum Gasteiger partial charge on any atom is -0.481 e. The molecule has 0 aromatic heterocycles. The third-order valence-electron chi connectivity index (χ3n) is 4.36. The number of rotatable bonds is 16. The Morgan fingerprint density at radius 1 is 0.844 bits per heavy atom. The van der Waals surface area contributed by atoms with Crippen LogP contribution >= 0.6 is 0 Å². The Balaban J connectivity index is 5.34. The van der Waals surface area contributed by atoms with Crippen LogP contribution in [0.3, 0.4) is 0 Å². The largest absolute Gasteiger partial charge is 0.481 e. The van der Waals surface area contributed by atoms with Crippen molar-refractivity contribution in [3.05, 3.63) is 0 Å². The molecule has 4 unspecified atom stereocenters. The van der Waals surface area contributed by atoms with Crippen LogP contribution in [0, 0.1) is 0 Å². The number of hydrogen-bond acceptors (Lipinski definition) is 8. The first kappa shape index (κ1) is 28.7. The molecular formula is C18H32N6O8. The van der Waals surface area contributed by atoms with E-state index in [1.54, 1.807) is 0 Å². The molecule has 14 nitrogen and oxygen atoms in total. The summed E-state index contributed by atoms with van der Waals surface area (Å²) in [5.74, 6) is -6.23.